The number of hydrogen-bond donors (Lipinski definition) is 0. The summed E-state index contributed by atoms with van der Waals surface area (Å²) in [5.41, 5.74) is 11.6. The smallest absolute Gasteiger partial charge is 0.0465 e. The van der Waals surface area contributed by atoms with Gasteiger partial charge in [-0.3, -0.25) is 0 Å². The van der Waals surface area contributed by atoms with Gasteiger partial charge in [-0.25, -0.2) is 0 Å². The Balaban J connectivity index is 1.29. The van der Waals surface area contributed by atoms with Crippen molar-refractivity contribution < 1.29 is 0 Å². The SMILES string of the molecule is c1ccc(-c2ccc(N(c3ccccc3)c3ccc4c(c3)CC3Cc5ccccc5N43)cc2)cc1. The molecule has 0 saturated heterocycles. The van der Waals surface area contributed by atoms with Gasteiger partial charge in [0.2, 0.25) is 0 Å². The normalized spacial score (nSPS) is 15.4. The highest BCUT2D eigenvalue weighted by Crippen LogP contribution is 2.47. The molecule has 2 heterocycles. The molecule has 0 aromatic heterocycles. The van der Waals surface area contributed by atoms with E-state index in [-0.39, 0.29) is 0 Å². The first-order valence-corrected chi connectivity index (χ1v) is 12.4. The molecule has 2 aliphatic heterocycles. The van der Waals surface area contributed by atoms with Crippen molar-refractivity contribution in [3.05, 3.63) is 139 Å². The summed E-state index contributed by atoms with van der Waals surface area (Å²) in [4.78, 5) is 4.92. The maximum Gasteiger partial charge on any atom is 0.0465 e. The highest BCUT2D eigenvalue weighted by Gasteiger charge is 2.37. The van der Waals surface area contributed by atoms with Gasteiger partial charge in [-0.1, -0.05) is 78.9 Å². The molecule has 5 aromatic carbocycles. The van der Waals surface area contributed by atoms with Crippen molar-refractivity contribution in [2.45, 2.75) is 18.9 Å². The van der Waals surface area contributed by atoms with Crippen LogP contribution in [0.25, 0.3) is 11.1 Å². The van der Waals surface area contributed by atoms with E-state index in [1.807, 2.05) is 0 Å². The van der Waals surface area contributed by atoms with Crippen molar-refractivity contribution in [1.29, 1.82) is 0 Å². The lowest BCUT2D eigenvalue weighted by Gasteiger charge is -2.27. The van der Waals surface area contributed by atoms with Crippen LogP contribution in [0.3, 0.4) is 0 Å². The van der Waals surface area contributed by atoms with Crippen molar-refractivity contribution in [3.8, 4) is 11.1 Å². The van der Waals surface area contributed by atoms with Gasteiger partial charge >= 0.3 is 0 Å². The standard InChI is InChI=1S/C33H26N2/c1-3-9-24(10-4-1)25-15-17-29(18-16-25)34(28-12-5-2-6-13-28)30-19-20-33-27(22-30)23-31-21-26-11-7-8-14-32(26)35(31)33/h1-20,22,31H,21,23H2. The van der Waals surface area contributed by atoms with E-state index in [9.17, 15) is 0 Å². The monoisotopic (exact) mass is 450 g/mol. The summed E-state index contributed by atoms with van der Waals surface area (Å²) in [6.45, 7) is 0. The highest BCUT2D eigenvalue weighted by molar-refractivity contribution is 5.83. The summed E-state index contributed by atoms with van der Waals surface area (Å²) in [6.07, 6.45) is 2.22. The minimum absolute atomic E-state index is 0.535. The van der Waals surface area contributed by atoms with Gasteiger partial charge < -0.3 is 9.80 Å². The Kier molecular flexibility index (Phi) is 4.70. The quantitative estimate of drug-likeness (QED) is 0.271. The number of benzene rings is 5. The number of hydrogen-bond acceptors (Lipinski definition) is 2. The molecule has 2 heteroatoms. The molecule has 1 atom stereocenters. The third-order valence-electron chi connectivity index (χ3n) is 7.36. The maximum absolute atomic E-state index is 2.55. The van der Waals surface area contributed by atoms with Gasteiger partial charge in [0.1, 0.15) is 0 Å². The van der Waals surface area contributed by atoms with Crippen LogP contribution < -0.4 is 9.80 Å². The van der Waals surface area contributed by atoms with Gasteiger partial charge in [0.05, 0.1) is 0 Å². The Hall–Kier alpha value is -4.30. The van der Waals surface area contributed by atoms with E-state index in [4.69, 9.17) is 0 Å². The molecule has 0 bridgehead atoms. The lowest BCUT2D eigenvalue weighted by atomic mass is 10.0. The predicted octanol–water partition coefficient (Wildman–Crippen LogP) is 8.44. The third-order valence-corrected chi connectivity index (χ3v) is 7.36. The molecule has 35 heavy (non-hydrogen) atoms. The zero-order valence-corrected chi connectivity index (χ0v) is 19.5. The summed E-state index contributed by atoms with van der Waals surface area (Å²) in [7, 11) is 0. The zero-order chi connectivity index (χ0) is 23.2. The molecular weight excluding hydrogens is 424 g/mol. The largest absolute Gasteiger partial charge is 0.337 e. The average Bonchev–Trinajstić information content (AvgIpc) is 3.46. The fraction of sp³-hybridized carbons (Fsp3) is 0.0909. The highest BCUT2D eigenvalue weighted by atomic mass is 15.2. The van der Waals surface area contributed by atoms with Crippen molar-refractivity contribution in [2.75, 3.05) is 9.80 Å². The van der Waals surface area contributed by atoms with Gasteiger partial charge in [0, 0.05) is 34.5 Å². The van der Waals surface area contributed by atoms with E-state index in [1.54, 1.807) is 0 Å². The second kappa shape index (κ2) is 8.18. The van der Waals surface area contributed by atoms with Gasteiger partial charge in [0.25, 0.3) is 0 Å². The average molecular weight is 451 g/mol. The first-order chi connectivity index (χ1) is 17.3. The third kappa shape index (κ3) is 3.41. The Morgan fingerprint density at radius 1 is 0.486 bits per heavy atom. The predicted molar refractivity (Wildman–Crippen MR) is 146 cm³/mol. The molecule has 1 unspecified atom stereocenters. The molecule has 2 nitrogen and oxygen atoms in total. The molecule has 5 aromatic rings. The molecular formula is C33H26N2. The van der Waals surface area contributed by atoms with Crippen LogP contribution in [0.4, 0.5) is 28.4 Å². The second-order valence-corrected chi connectivity index (χ2v) is 9.46. The van der Waals surface area contributed by atoms with Crippen LogP contribution in [0.1, 0.15) is 11.1 Å². The summed E-state index contributed by atoms with van der Waals surface area (Å²) in [5.74, 6) is 0. The number of nitrogens with zero attached hydrogens (tertiary/aromatic N) is 2. The number of rotatable bonds is 4. The van der Waals surface area contributed by atoms with E-state index >= 15 is 0 Å². The summed E-state index contributed by atoms with van der Waals surface area (Å²) in [5, 5.41) is 0. The van der Waals surface area contributed by atoms with E-state index in [1.165, 1.54) is 50.7 Å². The summed E-state index contributed by atoms with van der Waals surface area (Å²) in [6, 6.07) is 46.5. The Morgan fingerprint density at radius 3 is 1.86 bits per heavy atom. The minimum Gasteiger partial charge on any atom is -0.337 e. The van der Waals surface area contributed by atoms with Gasteiger partial charge in [0.15, 0.2) is 0 Å². The minimum atomic E-state index is 0.535. The van der Waals surface area contributed by atoms with Crippen LogP contribution in [0.2, 0.25) is 0 Å². The summed E-state index contributed by atoms with van der Waals surface area (Å²) < 4.78 is 0. The van der Waals surface area contributed by atoms with E-state index in [0.717, 1.165) is 12.8 Å². The van der Waals surface area contributed by atoms with Gasteiger partial charge in [-0.05, 0) is 83.6 Å². The van der Waals surface area contributed by atoms with Crippen molar-refractivity contribution in [3.63, 3.8) is 0 Å². The number of para-hydroxylation sites is 2. The number of anilines is 5. The Labute approximate surface area is 206 Å². The molecule has 0 fully saturated rings. The molecule has 7 rings (SSSR count). The summed E-state index contributed by atoms with van der Waals surface area (Å²) >= 11 is 0. The fourth-order valence-electron chi connectivity index (χ4n) is 5.77. The first kappa shape index (κ1) is 20.1. The molecule has 2 aliphatic rings. The van der Waals surface area contributed by atoms with Crippen LogP contribution in [-0.2, 0) is 12.8 Å². The van der Waals surface area contributed by atoms with E-state index < -0.39 is 0 Å². The lowest BCUT2D eigenvalue weighted by molar-refractivity contribution is 0.725. The number of fused-ring (bicyclic) bond motifs is 5. The fourth-order valence-corrected chi connectivity index (χ4v) is 5.77. The lowest BCUT2D eigenvalue weighted by Crippen LogP contribution is -2.22. The molecule has 0 radical (unpaired) electrons. The molecule has 168 valence electrons. The molecule has 0 spiro atoms. The topological polar surface area (TPSA) is 6.48 Å². The first-order valence-electron chi connectivity index (χ1n) is 12.4. The van der Waals surface area contributed by atoms with Crippen LogP contribution in [0.15, 0.2) is 127 Å². The maximum atomic E-state index is 2.55. The van der Waals surface area contributed by atoms with Crippen LogP contribution in [0, 0.1) is 0 Å². The molecule has 0 amide bonds. The van der Waals surface area contributed by atoms with Crippen molar-refractivity contribution >= 4 is 28.4 Å². The van der Waals surface area contributed by atoms with E-state index in [2.05, 4.69) is 137 Å². The zero-order valence-electron chi connectivity index (χ0n) is 19.5. The molecule has 0 N–H and O–H groups in total. The second-order valence-electron chi connectivity index (χ2n) is 9.46. The van der Waals surface area contributed by atoms with Gasteiger partial charge in [-0.15, -0.1) is 0 Å². The van der Waals surface area contributed by atoms with Gasteiger partial charge in [-0.2, -0.15) is 0 Å². The van der Waals surface area contributed by atoms with Crippen molar-refractivity contribution in [2.24, 2.45) is 0 Å². The van der Waals surface area contributed by atoms with Crippen molar-refractivity contribution in [1.82, 2.24) is 0 Å². The Morgan fingerprint density at radius 2 is 1.06 bits per heavy atom. The van der Waals surface area contributed by atoms with Crippen LogP contribution in [-0.4, -0.2) is 6.04 Å². The van der Waals surface area contributed by atoms with E-state index in [0.29, 0.717) is 6.04 Å². The molecule has 0 saturated carbocycles. The van der Waals surface area contributed by atoms with Crippen LogP contribution in [0.5, 0.6) is 0 Å². The Bertz CT molecular complexity index is 1490. The molecule has 0 aliphatic carbocycles. The van der Waals surface area contributed by atoms with Crippen LogP contribution >= 0.6 is 0 Å².